The Bertz CT molecular complexity index is 909. The van der Waals surface area contributed by atoms with Gasteiger partial charge in [0.1, 0.15) is 12.1 Å². The van der Waals surface area contributed by atoms with Crippen molar-refractivity contribution in [3.05, 3.63) is 0 Å². The third-order valence-electron chi connectivity index (χ3n) is 10.6. The van der Waals surface area contributed by atoms with Crippen LogP contribution < -0.4 is 5.73 Å². The monoisotopic (exact) mass is 820 g/mol. The molecule has 0 radical (unpaired) electrons. The van der Waals surface area contributed by atoms with Gasteiger partial charge in [0.15, 0.2) is 0 Å². The van der Waals surface area contributed by atoms with Crippen LogP contribution in [0, 0.1) is 0 Å². The average molecular weight is 820 g/mol. The zero-order chi connectivity index (χ0) is 41.2. The topological polar surface area (TPSA) is 155 Å². The standard InChI is InChI=1S/C45H90NO9P/c1-3-5-7-9-11-13-15-17-18-19-20-21-22-23-24-25-26-28-30-32-34-36-38-52-39-42(40-53-56(50,51)54-41-43(46)45(48)49)55-44(47)37-35-33-31-29-27-16-14-12-10-8-6-4-2/h42-43H,3-41,46H2,1-2H3,(H,48,49)(H,50,51). The largest absolute Gasteiger partial charge is 0.480 e. The highest BCUT2D eigenvalue weighted by molar-refractivity contribution is 7.47. The van der Waals surface area contributed by atoms with Crippen molar-refractivity contribution in [1.82, 2.24) is 0 Å². The Balaban J connectivity index is 4.06. The summed E-state index contributed by atoms with van der Waals surface area (Å²) in [4.78, 5) is 33.5. The minimum atomic E-state index is -4.61. The number of rotatable bonds is 46. The first-order valence-electron chi connectivity index (χ1n) is 23.6. The molecule has 0 saturated carbocycles. The lowest BCUT2D eigenvalue weighted by atomic mass is 10.0. The summed E-state index contributed by atoms with van der Waals surface area (Å²) >= 11 is 0. The van der Waals surface area contributed by atoms with E-state index in [0.29, 0.717) is 6.61 Å². The number of carboxylic acid groups (broad SMARTS) is 1. The number of nitrogens with two attached hydrogens (primary N) is 1. The Labute approximate surface area is 344 Å². The van der Waals surface area contributed by atoms with Gasteiger partial charge in [-0.2, -0.15) is 0 Å². The zero-order valence-electron chi connectivity index (χ0n) is 36.5. The molecule has 0 rings (SSSR count). The van der Waals surface area contributed by atoms with E-state index in [1.165, 1.54) is 180 Å². The Kier molecular flexibility index (Phi) is 41.3. The fraction of sp³-hybridized carbons (Fsp3) is 0.956. The van der Waals surface area contributed by atoms with Gasteiger partial charge in [-0.05, 0) is 12.8 Å². The van der Waals surface area contributed by atoms with Crippen LogP contribution in [-0.2, 0) is 32.7 Å². The predicted molar refractivity (Wildman–Crippen MR) is 231 cm³/mol. The number of carbonyl (C=O) groups excluding carboxylic acids is 1. The Morgan fingerprint density at radius 2 is 0.821 bits per heavy atom. The van der Waals surface area contributed by atoms with Gasteiger partial charge in [0, 0.05) is 13.0 Å². The molecule has 0 aromatic carbocycles. The van der Waals surface area contributed by atoms with Gasteiger partial charge in [-0.3, -0.25) is 18.6 Å². The van der Waals surface area contributed by atoms with Crippen LogP contribution in [0.3, 0.4) is 0 Å². The molecule has 56 heavy (non-hydrogen) atoms. The van der Waals surface area contributed by atoms with Crippen molar-refractivity contribution in [3.63, 3.8) is 0 Å². The van der Waals surface area contributed by atoms with E-state index in [0.717, 1.165) is 38.5 Å². The average Bonchev–Trinajstić information content (AvgIpc) is 3.18. The number of ether oxygens (including phenoxy) is 2. The smallest absolute Gasteiger partial charge is 0.472 e. The second kappa shape index (κ2) is 42.1. The predicted octanol–water partition coefficient (Wildman–Crippen LogP) is 13.2. The maximum absolute atomic E-state index is 12.6. The summed E-state index contributed by atoms with van der Waals surface area (Å²) in [6.07, 6.45) is 43.1. The molecule has 11 heteroatoms. The van der Waals surface area contributed by atoms with Gasteiger partial charge < -0.3 is 25.2 Å². The van der Waals surface area contributed by atoms with E-state index < -0.39 is 45.1 Å². The summed E-state index contributed by atoms with van der Waals surface area (Å²) in [5, 5.41) is 8.90. The van der Waals surface area contributed by atoms with Crippen LogP contribution in [0.5, 0.6) is 0 Å². The van der Waals surface area contributed by atoms with E-state index in [1.54, 1.807) is 0 Å². The number of phosphoric ester groups is 1. The number of unbranched alkanes of at least 4 members (excludes halogenated alkanes) is 32. The molecule has 0 aromatic rings. The molecule has 0 aromatic heterocycles. The van der Waals surface area contributed by atoms with Crippen LogP contribution in [0.25, 0.3) is 0 Å². The number of aliphatic carboxylic acids is 1. The van der Waals surface area contributed by atoms with Gasteiger partial charge in [-0.25, -0.2) is 4.57 Å². The Hall–Kier alpha value is -1.03. The molecule has 3 atom stereocenters. The van der Waals surface area contributed by atoms with Gasteiger partial charge in [-0.15, -0.1) is 0 Å². The maximum Gasteiger partial charge on any atom is 0.472 e. The van der Waals surface area contributed by atoms with Crippen LogP contribution in [-0.4, -0.2) is 60.5 Å². The molecule has 4 N–H and O–H groups in total. The summed E-state index contributed by atoms with van der Waals surface area (Å²) in [5.41, 5.74) is 5.36. The van der Waals surface area contributed by atoms with Crippen LogP contribution in [0.15, 0.2) is 0 Å². The van der Waals surface area contributed by atoms with Crippen molar-refractivity contribution in [1.29, 1.82) is 0 Å². The molecular formula is C45H90NO9P. The number of hydrogen-bond acceptors (Lipinski definition) is 8. The highest BCUT2D eigenvalue weighted by Gasteiger charge is 2.27. The van der Waals surface area contributed by atoms with E-state index in [4.69, 9.17) is 29.4 Å². The lowest BCUT2D eigenvalue weighted by Gasteiger charge is -2.20. The van der Waals surface area contributed by atoms with E-state index in [9.17, 15) is 19.0 Å². The minimum absolute atomic E-state index is 0.0259. The molecule has 334 valence electrons. The van der Waals surface area contributed by atoms with E-state index in [2.05, 4.69) is 13.8 Å². The number of hydrogen-bond donors (Lipinski definition) is 3. The van der Waals surface area contributed by atoms with E-state index in [-0.39, 0.29) is 13.0 Å². The van der Waals surface area contributed by atoms with Gasteiger partial charge >= 0.3 is 19.8 Å². The lowest BCUT2D eigenvalue weighted by molar-refractivity contribution is -0.154. The van der Waals surface area contributed by atoms with E-state index in [1.807, 2.05) is 0 Å². The molecule has 0 aliphatic carbocycles. The SMILES string of the molecule is CCCCCCCCCCCCCCCCCCCCCCCCOCC(COP(=O)(O)OCC(N)C(=O)O)OC(=O)CCCCCCCCCCCCCC. The molecule has 0 aliphatic heterocycles. The molecule has 10 nitrogen and oxygen atoms in total. The van der Waals surface area contributed by atoms with Crippen LogP contribution >= 0.6 is 7.82 Å². The third kappa shape index (κ3) is 41.1. The van der Waals surface area contributed by atoms with Crippen LogP contribution in [0.2, 0.25) is 0 Å². The first-order valence-corrected chi connectivity index (χ1v) is 25.1. The van der Waals surface area contributed by atoms with Gasteiger partial charge in [0.05, 0.1) is 19.8 Å². The summed E-state index contributed by atoms with van der Waals surface area (Å²) in [5.74, 6) is -1.77. The number of esters is 1. The Morgan fingerprint density at radius 1 is 0.500 bits per heavy atom. The summed E-state index contributed by atoms with van der Waals surface area (Å²) in [6, 6.07) is -1.47. The van der Waals surface area contributed by atoms with Crippen molar-refractivity contribution in [2.45, 2.75) is 251 Å². The molecule has 0 amide bonds. The molecule has 0 fully saturated rings. The van der Waals surface area contributed by atoms with Gasteiger partial charge in [-0.1, -0.05) is 219 Å². The fourth-order valence-electron chi connectivity index (χ4n) is 6.96. The molecule has 0 saturated heterocycles. The number of carbonyl (C=O) groups is 2. The zero-order valence-corrected chi connectivity index (χ0v) is 37.4. The molecule has 0 spiro atoms. The second-order valence-corrected chi connectivity index (χ2v) is 17.7. The van der Waals surface area contributed by atoms with Crippen LogP contribution in [0.1, 0.15) is 239 Å². The summed E-state index contributed by atoms with van der Waals surface area (Å²) in [7, 11) is -4.61. The van der Waals surface area contributed by atoms with Crippen LogP contribution in [0.4, 0.5) is 0 Å². The van der Waals surface area contributed by atoms with Crippen molar-refractivity contribution in [2.24, 2.45) is 5.73 Å². The molecule has 0 heterocycles. The molecular weight excluding hydrogens is 729 g/mol. The molecule has 0 bridgehead atoms. The highest BCUT2D eigenvalue weighted by Crippen LogP contribution is 2.43. The molecule has 0 aliphatic rings. The van der Waals surface area contributed by atoms with Gasteiger partial charge in [0.25, 0.3) is 0 Å². The van der Waals surface area contributed by atoms with Gasteiger partial charge in [0.2, 0.25) is 0 Å². The molecule has 3 unspecified atom stereocenters. The van der Waals surface area contributed by atoms with Crippen molar-refractivity contribution in [3.8, 4) is 0 Å². The second-order valence-electron chi connectivity index (χ2n) is 16.3. The fourth-order valence-corrected chi connectivity index (χ4v) is 7.74. The minimum Gasteiger partial charge on any atom is -0.480 e. The first-order chi connectivity index (χ1) is 27.2. The normalized spacial score (nSPS) is 13.8. The first kappa shape index (κ1) is 55.0. The van der Waals surface area contributed by atoms with E-state index >= 15 is 0 Å². The van der Waals surface area contributed by atoms with Crippen molar-refractivity contribution >= 4 is 19.8 Å². The van der Waals surface area contributed by atoms with Crippen molar-refractivity contribution < 1.29 is 42.7 Å². The quantitative estimate of drug-likeness (QED) is 0.0307. The lowest BCUT2D eigenvalue weighted by Crippen LogP contribution is -2.34. The highest BCUT2D eigenvalue weighted by atomic mass is 31.2. The maximum atomic E-state index is 12.6. The summed E-state index contributed by atoms with van der Waals surface area (Å²) in [6.45, 7) is 3.93. The Morgan fingerprint density at radius 3 is 1.18 bits per heavy atom. The number of phosphoric acid groups is 1. The van der Waals surface area contributed by atoms with Crippen molar-refractivity contribution in [2.75, 3.05) is 26.4 Å². The number of carboxylic acids is 1. The third-order valence-corrected chi connectivity index (χ3v) is 11.6. The summed E-state index contributed by atoms with van der Waals surface area (Å²) < 4.78 is 33.4.